The molecule has 1 aliphatic heterocycles. The summed E-state index contributed by atoms with van der Waals surface area (Å²) in [5, 5.41) is 91.0. The number of nitrogens with one attached hydrogen (secondary N) is 1. The molecule has 14 nitrogen and oxygen atoms in total. The Morgan fingerprint density at radius 3 is 2.34 bits per heavy atom. The molecule has 1 rings (SSSR count). The number of amides is 1. The van der Waals surface area contributed by atoms with E-state index in [1.165, 1.54) is 0 Å². The molecule has 204 valence electrons. The van der Waals surface area contributed by atoms with Gasteiger partial charge in [0.25, 0.3) is 0 Å². The summed E-state index contributed by atoms with van der Waals surface area (Å²) >= 11 is 0. The summed E-state index contributed by atoms with van der Waals surface area (Å²) in [6, 6.07) is -1.26. The van der Waals surface area contributed by atoms with E-state index in [1.807, 2.05) is 0 Å². The molecule has 0 aliphatic carbocycles. The number of carbonyl (C=O) groups is 1. The first-order valence-electron chi connectivity index (χ1n) is 11.0. The fraction of sp³-hybridized carbons (Fsp3) is 0.857. The predicted octanol–water partition coefficient (Wildman–Crippen LogP) is -5.11. The van der Waals surface area contributed by atoms with Crippen LogP contribution in [-0.2, 0) is 19.0 Å². The zero-order valence-corrected chi connectivity index (χ0v) is 19.4. The molecule has 14 heteroatoms. The van der Waals surface area contributed by atoms with Gasteiger partial charge in [-0.15, -0.1) is 12.3 Å². The van der Waals surface area contributed by atoms with Crippen LogP contribution in [0.2, 0.25) is 0 Å². The van der Waals surface area contributed by atoms with E-state index in [1.54, 1.807) is 0 Å². The van der Waals surface area contributed by atoms with Gasteiger partial charge in [0.1, 0.15) is 37.1 Å². The van der Waals surface area contributed by atoms with Gasteiger partial charge in [0.05, 0.1) is 38.1 Å². The fourth-order valence-electron chi connectivity index (χ4n) is 3.38. The van der Waals surface area contributed by atoms with Crippen LogP contribution in [0, 0.1) is 12.3 Å². The zero-order valence-electron chi connectivity index (χ0n) is 19.4. The summed E-state index contributed by atoms with van der Waals surface area (Å²) < 4.78 is 16.0. The van der Waals surface area contributed by atoms with Crippen molar-refractivity contribution in [1.82, 2.24) is 5.32 Å². The molecule has 0 spiro atoms. The molecule has 0 aromatic heterocycles. The number of carbonyl (C=O) groups excluding carboxylic acids is 1. The fourth-order valence-corrected chi connectivity index (χ4v) is 3.38. The molecular weight excluding hydrogens is 474 g/mol. The van der Waals surface area contributed by atoms with Crippen molar-refractivity contribution in [2.24, 2.45) is 0 Å². The molecule has 1 fully saturated rings. The number of aliphatic hydroxyl groups excluding tert-OH is 8. The number of terminal acetylenes is 1. The minimum Gasteiger partial charge on any atom is -0.394 e. The molecule has 0 saturated carbocycles. The summed E-state index contributed by atoms with van der Waals surface area (Å²) in [6.07, 6.45) is -7.73. The summed E-state index contributed by atoms with van der Waals surface area (Å²) in [5.41, 5.74) is 0. The molecule has 35 heavy (non-hydrogen) atoms. The molecule has 1 heterocycles. The van der Waals surface area contributed by atoms with E-state index in [9.17, 15) is 40.5 Å². The SMILES string of the molecule is C#CCCOC1OC(COC(C)(O)C[C@H](O)C(CC(O)[C@H](O)CO)NC(=O)CO)C(O)C(O)[C@H]1O. The molecule has 1 aliphatic rings. The maximum Gasteiger partial charge on any atom is 0.246 e. The van der Waals surface area contributed by atoms with Crippen LogP contribution in [0.5, 0.6) is 0 Å². The summed E-state index contributed by atoms with van der Waals surface area (Å²) in [6.45, 7) is -1.06. The van der Waals surface area contributed by atoms with Crippen LogP contribution < -0.4 is 5.32 Å². The van der Waals surface area contributed by atoms with Crippen molar-refractivity contribution in [1.29, 1.82) is 0 Å². The highest BCUT2D eigenvalue weighted by molar-refractivity contribution is 5.77. The lowest BCUT2D eigenvalue weighted by atomic mass is 9.95. The quantitative estimate of drug-likeness (QED) is 0.0563. The molecule has 0 aromatic rings. The van der Waals surface area contributed by atoms with Gasteiger partial charge in [0.15, 0.2) is 12.1 Å². The second-order valence-electron chi connectivity index (χ2n) is 8.48. The molecule has 0 radical (unpaired) electrons. The zero-order chi connectivity index (χ0) is 26.8. The van der Waals surface area contributed by atoms with Crippen molar-refractivity contribution >= 4 is 5.91 Å². The maximum atomic E-state index is 11.6. The standard InChI is InChI=1S/C21H37NO13/c1-3-4-5-33-20-19(31)18(30)17(29)15(35-20)10-34-21(2,32)7-13(26)11(22-16(28)9-24)6-12(25)14(27)8-23/h1,11-15,17-20,23-27,29-32H,4-10H2,2H3,(H,22,28)/t11?,12?,13-,14+,15?,17?,18?,19+,20?,21?/m0/s1. The smallest absolute Gasteiger partial charge is 0.246 e. The Kier molecular flexibility index (Phi) is 13.5. The highest BCUT2D eigenvalue weighted by Crippen LogP contribution is 2.25. The Morgan fingerprint density at radius 1 is 1.11 bits per heavy atom. The number of hydrogen-bond donors (Lipinski definition) is 10. The molecule has 1 saturated heterocycles. The van der Waals surface area contributed by atoms with E-state index in [0.717, 1.165) is 6.92 Å². The van der Waals surface area contributed by atoms with E-state index in [2.05, 4.69) is 11.2 Å². The van der Waals surface area contributed by atoms with Crippen LogP contribution in [0.3, 0.4) is 0 Å². The van der Waals surface area contributed by atoms with Crippen molar-refractivity contribution in [3.8, 4) is 12.3 Å². The van der Waals surface area contributed by atoms with Gasteiger partial charge in [-0.25, -0.2) is 0 Å². The van der Waals surface area contributed by atoms with Gasteiger partial charge in [-0.05, 0) is 13.3 Å². The Labute approximate surface area is 202 Å². The van der Waals surface area contributed by atoms with Crippen LogP contribution in [0.15, 0.2) is 0 Å². The van der Waals surface area contributed by atoms with Crippen molar-refractivity contribution in [3.63, 3.8) is 0 Å². The van der Waals surface area contributed by atoms with Crippen LogP contribution in [-0.4, -0.2) is 139 Å². The molecule has 10 atom stereocenters. The summed E-state index contributed by atoms with van der Waals surface area (Å²) in [4.78, 5) is 11.6. The average Bonchev–Trinajstić information content (AvgIpc) is 2.81. The normalized spacial score (nSPS) is 29.9. The molecule has 7 unspecified atom stereocenters. The summed E-state index contributed by atoms with van der Waals surface area (Å²) in [7, 11) is 0. The average molecular weight is 512 g/mol. The molecule has 1 amide bonds. The number of aliphatic hydroxyl groups is 9. The third kappa shape index (κ3) is 10.2. The first kappa shape index (κ1) is 31.6. The molecule has 0 bridgehead atoms. The highest BCUT2D eigenvalue weighted by atomic mass is 16.7. The predicted molar refractivity (Wildman–Crippen MR) is 116 cm³/mol. The summed E-state index contributed by atoms with van der Waals surface area (Å²) in [5.74, 6) is -0.667. The van der Waals surface area contributed by atoms with Gasteiger partial charge in [-0.3, -0.25) is 4.79 Å². The Hall–Kier alpha value is -1.45. The maximum absolute atomic E-state index is 11.6. The first-order chi connectivity index (χ1) is 16.4. The van der Waals surface area contributed by atoms with Gasteiger partial charge in [-0.1, -0.05) is 0 Å². The van der Waals surface area contributed by atoms with E-state index in [4.69, 9.17) is 30.8 Å². The molecule has 10 N–H and O–H groups in total. The van der Waals surface area contributed by atoms with Crippen molar-refractivity contribution in [3.05, 3.63) is 0 Å². The third-order valence-corrected chi connectivity index (χ3v) is 5.42. The van der Waals surface area contributed by atoms with Crippen LogP contribution >= 0.6 is 0 Å². The van der Waals surface area contributed by atoms with Crippen molar-refractivity contribution in [2.75, 3.05) is 26.4 Å². The van der Waals surface area contributed by atoms with E-state index >= 15 is 0 Å². The Morgan fingerprint density at radius 2 is 1.77 bits per heavy atom. The highest BCUT2D eigenvalue weighted by Gasteiger charge is 2.45. The van der Waals surface area contributed by atoms with Crippen molar-refractivity contribution in [2.45, 2.75) is 87.0 Å². The number of hydrogen-bond acceptors (Lipinski definition) is 13. The Balaban J connectivity index is 2.78. The number of rotatable bonds is 15. The second-order valence-corrected chi connectivity index (χ2v) is 8.48. The van der Waals surface area contributed by atoms with Gasteiger partial charge < -0.3 is 65.5 Å². The van der Waals surface area contributed by atoms with Crippen LogP contribution in [0.1, 0.15) is 26.2 Å². The third-order valence-electron chi connectivity index (χ3n) is 5.42. The second kappa shape index (κ2) is 15.0. The van der Waals surface area contributed by atoms with Gasteiger partial charge in [0.2, 0.25) is 5.91 Å². The van der Waals surface area contributed by atoms with E-state index in [-0.39, 0.29) is 13.0 Å². The van der Waals surface area contributed by atoms with Crippen LogP contribution in [0.4, 0.5) is 0 Å². The van der Waals surface area contributed by atoms with Crippen LogP contribution in [0.25, 0.3) is 0 Å². The monoisotopic (exact) mass is 511 g/mol. The van der Waals surface area contributed by atoms with Crippen molar-refractivity contribution < 1.29 is 65.0 Å². The topological polar surface area (TPSA) is 239 Å². The first-order valence-corrected chi connectivity index (χ1v) is 11.0. The lowest BCUT2D eigenvalue weighted by molar-refractivity contribution is -0.315. The van der Waals surface area contributed by atoms with E-state index in [0.29, 0.717) is 0 Å². The minimum absolute atomic E-state index is 0.0102. The number of ether oxygens (including phenoxy) is 3. The molecular formula is C21H37NO13. The minimum atomic E-state index is -2.09. The largest absolute Gasteiger partial charge is 0.394 e. The lowest BCUT2D eigenvalue weighted by Crippen LogP contribution is -2.60. The molecule has 0 aromatic carbocycles. The van der Waals surface area contributed by atoms with Gasteiger partial charge >= 0.3 is 0 Å². The van der Waals surface area contributed by atoms with E-state index < -0.39 is 99.4 Å². The lowest BCUT2D eigenvalue weighted by Gasteiger charge is -2.41. The van der Waals surface area contributed by atoms with Gasteiger partial charge in [-0.2, -0.15) is 0 Å². The Bertz CT molecular complexity index is 672. The van der Waals surface area contributed by atoms with Gasteiger partial charge in [0, 0.05) is 12.8 Å².